The van der Waals surface area contributed by atoms with E-state index in [-0.39, 0.29) is 12.0 Å². The van der Waals surface area contributed by atoms with Crippen molar-refractivity contribution < 1.29 is 23.2 Å². The number of carbonyl (C=O) groups excluding carboxylic acids is 3. The molecular weight excluding hydrogens is 466 g/mol. The normalized spacial score (nSPS) is 15.9. The molecule has 3 amide bonds. The number of aliphatic imine (C=N–C) groups is 1. The summed E-state index contributed by atoms with van der Waals surface area (Å²) in [4.78, 5) is 44.5. The van der Waals surface area contributed by atoms with Crippen LogP contribution in [0.5, 0.6) is 0 Å². The summed E-state index contributed by atoms with van der Waals surface area (Å²) < 4.78 is 27.0. The largest absolute Gasteiger partial charge is 0.344 e. The molecule has 0 radical (unpaired) electrons. The minimum Gasteiger partial charge on any atom is -0.344 e. The van der Waals surface area contributed by atoms with Crippen LogP contribution in [-0.2, 0) is 20.8 Å². The maximum absolute atomic E-state index is 13.9. The maximum Gasteiger partial charge on any atom is 0.272 e. The molecule has 3 aromatic rings. The summed E-state index contributed by atoms with van der Waals surface area (Å²) in [5, 5.41) is 5.08. The molecule has 0 saturated carbocycles. The standard InChI is InChI=1S/C27H24F2N4O3/c1-16(30-23(34)14-18-12-13-19(28)15-21(18)29)26(35)32-25-27(36)33(2)22-11-7-6-10-20(22)24(31-25)17-8-4-3-5-9-17/h3-13,15-16,25H,14H2,1-2H3,(H,30,34)(H,32,35)/t16-,25+/m0/s1. The van der Waals surface area contributed by atoms with Gasteiger partial charge in [-0.05, 0) is 24.6 Å². The fraction of sp³-hybridized carbons (Fsp3) is 0.185. The molecule has 1 heterocycles. The van der Waals surface area contributed by atoms with E-state index in [4.69, 9.17) is 0 Å². The van der Waals surface area contributed by atoms with Crippen molar-refractivity contribution in [2.75, 3.05) is 11.9 Å². The van der Waals surface area contributed by atoms with E-state index in [9.17, 15) is 23.2 Å². The lowest BCUT2D eigenvalue weighted by molar-refractivity contribution is -0.130. The van der Waals surface area contributed by atoms with Gasteiger partial charge in [-0.25, -0.2) is 13.8 Å². The Hall–Kier alpha value is -4.40. The second kappa shape index (κ2) is 10.5. The Morgan fingerprint density at radius 2 is 1.72 bits per heavy atom. The van der Waals surface area contributed by atoms with Crippen LogP contribution in [0, 0.1) is 11.6 Å². The van der Waals surface area contributed by atoms with Gasteiger partial charge in [0, 0.05) is 24.2 Å². The van der Waals surface area contributed by atoms with Crippen molar-refractivity contribution in [1.82, 2.24) is 10.6 Å². The van der Waals surface area contributed by atoms with E-state index in [0.717, 1.165) is 17.2 Å². The Morgan fingerprint density at radius 3 is 2.44 bits per heavy atom. The molecule has 0 aromatic heterocycles. The minimum absolute atomic E-state index is 0.00283. The zero-order chi connectivity index (χ0) is 25.8. The van der Waals surface area contributed by atoms with Gasteiger partial charge in [0.25, 0.3) is 5.91 Å². The van der Waals surface area contributed by atoms with E-state index in [1.54, 1.807) is 13.1 Å². The highest BCUT2D eigenvalue weighted by atomic mass is 19.1. The van der Waals surface area contributed by atoms with Gasteiger partial charge in [0.1, 0.15) is 17.7 Å². The summed E-state index contributed by atoms with van der Waals surface area (Å²) in [5.41, 5.74) is 2.69. The van der Waals surface area contributed by atoms with Crippen LogP contribution in [-0.4, -0.2) is 42.7 Å². The predicted octanol–water partition coefficient (Wildman–Crippen LogP) is 2.97. The fourth-order valence-electron chi connectivity index (χ4n) is 3.90. The number of nitrogens with one attached hydrogen (secondary N) is 2. The van der Waals surface area contributed by atoms with Crippen molar-refractivity contribution in [1.29, 1.82) is 0 Å². The molecule has 2 atom stereocenters. The van der Waals surface area contributed by atoms with E-state index in [0.29, 0.717) is 17.5 Å². The molecule has 0 spiro atoms. The first-order valence-electron chi connectivity index (χ1n) is 11.3. The summed E-state index contributed by atoms with van der Waals surface area (Å²) in [6.07, 6.45) is -1.61. The van der Waals surface area contributed by atoms with Crippen LogP contribution in [0.25, 0.3) is 0 Å². The lowest BCUT2D eigenvalue weighted by Crippen LogP contribution is -2.52. The number of benzodiazepines with no additional fused rings is 1. The second-order valence-corrected chi connectivity index (χ2v) is 8.37. The molecule has 7 nitrogen and oxygen atoms in total. The number of halogens is 2. The number of nitrogens with zero attached hydrogens (tertiary/aromatic N) is 2. The van der Waals surface area contributed by atoms with Crippen LogP contribution in [0.15, 0.2) is 77.8 Å². The lowest BCUT2D eigenvalue weighted by Gasteiger charge is -2.22. The Kier molecular flexibility index (Phi) is 7.19. The van der Waals surface area contributed by atoms with Gasteiger partial charge in [0.05, 0.1) is 17.8 Å². The first-order valence-corrected chi connectivity index (χ1v) is 11.3. The van der Waals surface area contributed by atoms with Gasteiger partial charge in [-0.3, -0.25) is 14.4 Å². The topological polar surface area (TPSA) is 90.9 Å². The Morgan fingerprint density at radius 1 is 1.03 bits per heavy atom. The number of para-hydroxylation sites is 1. The highest BCUT2D eigenvalue weighted by molar-refractivity contribution is 6.20. The number of anilines is 1. The van der Waals surface area contributed by atoms with Gasteiger partial charge in [0.2, 0.25) is 18.0 Å². The molecule has 0 aliphatic carbocycles. The molecule has 1 aliphatic heterocycles. The Bertz CT molecular complexity index is 1340. The number of fused-ring (bicyclic) bond motifs is 1. The summed E-state index contributed by atoms with van der Waals surface area (Å²) in [7, 11) is 1.60. The van der Waals surface area contributed by atoms with E-state index in [2.05, 4.69) is 15.6 Å². The predicted molar refractivity (Wildman–Crippen MR) is 132 cm³/mol. The van der Waals surface area contributed by atoms with E-state index in [1.165, 1.54) is 17.9 Å². The summed E-state index contributed by atoms with van der Waals surface area (Å²) in [6, 6.07) is 18.5. The average Bonchev–Trinajstić information content (AvgIpc) is 2.97. The van der Waals surface area contributed by atoms with Gasteiger partial charge < -0.3 is 15.5 Å². The third kappa shape index (κ3) is 5.30. The molecule has 36 heavy (non-hydrogen) atoms. The lowest BCUT2D eigenvalue weighted by atomic mass is 10.0. The zero-order valence-corrected chi connectivity index (χ0v) is 19.7. The third-order valence-corrected chi connectivity index (χ3v) is 5.81. The molecule has 0 fully saturated rings. The minimum atomic E-state index is -1.24. The number of hydrogen-bond acceptors (Lipinski definition) is 4. The number of likely N-dealkylation sites (N-methyl/N-ethyl adjacent to an activating group) is 1. The zero-order valence-electron chi connectivity index (χ0n) is 19.7. The Labute approximate surface area is 206 Å². The molecule has 0 unspecified atom stereocenters. The van der Waals surface area contributed by atoms with Gasteiger partial charge in [0.15, 0.2) is 0 Å². The Balaban J connectivity index is 1.53. The van der Waals surface area contributed by atoms with Crippen LogP contribution in [0.3, 0.4) is 0 Å². The third-order valence-electron chi connectivity index (χ3n) is 5.81. The molecule has 3 aromatic carbocycles. The summed E-state index contributed by atoms with van der Waals surface area (Å²) >= 11 is 0. The van der Waals surface area contributed by atoms with Crippen molar-refractivity contribution in [3.05, 3.63) is 101 Å². The quantitative estimate of drug-likeness (QED) is 0.557. The summed E-state index contributed by atoms with van der Waals surface area (Å²) in [5.74, 6) is -3.32. The summed E-state index contributed by atoms with van der Waals surface area (Å²) in [6.45, 7) is 1.44. The van der Waals surface area contributed by atoms with E-state index in [1.807, 2.05) is 48.5 Å². The van der Waals surface area contributed by atoms with Crippen LogP contribution in [0.1, 0.15) is 23.6 Å². The number of amides is 3. The molecule has 184 valence electrons. The monoisotopic (exact) mass is 490 g/mol. The highest BCUT2D eigenvalue weighted by Gasteiger charge is 2.32. The maximum atomic E-state index is 13.9. The number of carbonyl (C=O) groups is 3. The van der Waals surface area contributed by atoms with Crippen molar-refractivity contribution in [2.45, 2.75) is 25.6 Å². The van der Waals surface area contributed by atoms with Gasteiger partial charge in [-0.15, -0.1) is 0 Å². The first-order chi connectivity index (χ1) is 17.2. The fourth-order valence-corrected chi connectivity index (χ4v) is 3.90. The number of rotatable bonds is 6. The van der Waals surface area contributed by atoms with Crippen molar-refractivity contribution in [3.8, 4) is 0 Å². The molecule has 1 aliphatic rings. The van der Waals surface area contributed by atoms with Gasteiger partial charge >= 0.3 is 0 Å². The van der Waals surface area contributed by atoms with E-state index >= 15 is 0 Å². The molecule has 0 bridgehead atoms. The molecule has 9 heteroatoms. The van der Waals surface area contributed by atoms with Gasteiger partial charge in [-0.1, -0.05) is 54.6 Å². The van der Waals surface area contributed by atoms with Crippen molar-refractivity contribution >= 4 is 29.1 Å². The molecule has 4 rings (SSSR count). The van der Waals surface area contributed by atoms with Crippen LogP contribution in [0.2, 0.25) is 0 Å². The number of hydrogen-bond donors (Lipinski definition) is 2. The van der Waals surface area contributed by atoms with Crippen LogP contribution < -0.4 is 15.5 Å². The van der Waals surface area contributed by atoms with Crippen LogP contribution >= 0.6 is 0 Å². The first kappa shape index (κ1) is 24.7. The SMILES string of the molecule is C[C@H](NC(=O)Cc1ccc(F)cc1F)C(=O)N[C@H]1N=C(c2ccccc2)c2ccccc2N(C)C1=O. The highest BCUT2D eigenvalue weighted by Crippen LogP contribution is 2.27. The van der Waals surface area contributed by atoms with Gasteiger partial charge in [-0.2, -0.15) is 0 Å². The number of benzene rings is 3. The second-order valence-electron chi connectivity index (χ2n) is 8.37. The van der Waals surface area contributed by atoms with Crippen LogP contribution in [0.4, 0.5) is 14.5 Å². The van der Waals surface area contributed by atoms with Crippen molar-refractivity contribution in [3.63, 3.8) is 0 Å². The van der Waals surface area contributed by atoms with Crippen molar-refractivity contribution in [2.24, 2.45) is 4.99 Å². The molecule has 2 N–H and O–H groups in total. The smallest absolute Gasteiger partial charge is 0.272 e. The molecule has 0 saturated heterocycles. The molecular formula is C27H24F2N4O3. The van der Waals surface area contributed by atoms with E-state index < -0.39 is 41.6 Å². The average molecular weight is 491 g/mol.